The predicted molar refractivity (Wildman–Crippen MR) is 135 cm³/mol. The number of nitrogens with one attached hydrogen (secondary N) is 1. The molecule has 0 aromatic heterocycles. The van der Waals surface area contributed by atoms with Crippen LogP contribution in [0.1, 0.15) is 18.4 Å². The fraction of sp³-hybridized carbons (Fsp3) is 0.321. The summed E-state index contributed by atoms with van der Waals surface area (Å²) in [5, 5.41) is 3.09. The highest BCUT2D eigenvalue weighted by atomic mass is 32.2. The van der Waals surface area contributed by atoms with Crippen LogP contribution in [0.25, 0.3) is 11.1 Å². The molecule has 6 rings (SSSR count). The van der Waals surface area contributed by atoms with Crippen molar-refractivity contribution < 1.29 is 13.2 Å². The van der Waals surface area contributed by atoms with Gasteiger partial charge in [-0.25, -0.2) is 8.42 Å². The van der Waals surface area contributed by atoms with E-state index in [4.69, 9.17) is 0 Å². The van der Waals surface area contributed by atoms with Crippen LogP contribution in [-0.2, 0) is 21.1 Å². The molecular formula is C28H30N2O3S. The zero-order valence-electron chi connectivity index (χ0n) is 19.2. The second-order valence-electron chi connectivity index (χ2n) is 9.39. The van der Waals surface area contributed by atoms with Crippen LogP contribution >= 0.6 is 0 Å². The lowest BCUT2D eigenvalue weighted by molar-refractivity contribution is -0.125. The first-order chi connectivity index (χ1) is 16.5. The van der Waals surface area contributed by atoms with Crippen LogP contribution in [-0.4, -0.2) is 44.6 Å². The molecule has 0 saturated carbocycles. The van der Waals surface area contributed by atoms with Crippen molar-refractivity contribution in [2.75, 3.05) is 30.7 Å². The molecule has 176 valence electrons. The minimum atomic E-state index is -3.34. The van der Waals surface area contributed by atoms with Crippen molar-refractivity contribution in [1.82, 2.24) is 4.90 Å². The second-order valence-corrected chi connectivity index (χ2v) is 11.5. The van der Waals surface area contributed by atoms with E-state index >= 15 is 0 Å². The van der Waals surface area contributed by atoms with E-state index < -0.39 is 9.84 Å². The smallest absolute Gasteiger partial charge is 0.229 e. The molecular weight excluding hydrogens is 444 g/mol. The van der Waals surface area contributed by atoms with Crippen LogP contribution in [0.5, 0.6) is 0 Å². The topological polar surface area (TPSA) is 66.5 Å². The summed E-state index contributed by atoms with van der Waals surface area (Å²) in [6, 6.07) is 24.5. The highest BCUT2D eigenvalue weighted by molar-refractivity contribution is 7.91. The fourth-order valence-electron chi connectivity index (χ4n) is 5.11. The van der Waals surface area contributed by atoms with Gasteiger partial charge in [-0.2, -0.15) is 0 Å². The Hall–Kier alpha value is -2.96. The van der Waals surface area contributed by atoms with E-state index in [9.17, 15) is 13.2 Å². The number of anilines is 1. The third-order valence-corrected chi connectivity index (χ3v) is 8.93. The number of aryl methyl sites for hydroxylation is 1. The second kappa shape index (κ2) is 9.72. The molecule has 0 unspecified atom stereocenters. The Morgan fingerprint density at radius 2 is 1.47 bits per heavy atom. The van der Waals surface area contributed by atoms with Gasteiger partial charge < -0.3 is 10.2 Å². The van der Waals surface area contributed by atoms with Gasteiger partial charge in [0, 0.05) is 12.2 Å². The summed E-state index contributed by atoms with van der Waals surface area (Å²) in [6.45, 7) is 3.11. The minimum Gasteiger partial charge on any atom is -0.326 e. The maximum atomic E-state index is 12.8. The number of benzene rings is 3. The van der Waals surface area contributed by atoms with Crippen LogP contribution in [0, 0.1) is 11.8 Å². The molecule has 0 spiro atoms. The summed E-state index contributed by atoms with van der Waals surface area (Å²) >= 11 is 0. The summed E-state index contributed by atoms with van der Waals surface area (Å²) < 4.78 is 25.5. The number of sulfone groups is 1. The van der Waals surface area contributed by atoms with E-state index in [-0.39, 0.29) is 17.6 Å². The molecule has 3 saturated heterocycles. The zero-order chi connectivity index (χ0) is 23.5. The Morgan fingerprint density at radius 1 is 0.853 bits per heavy atom. The Balaban J connectivity index is 1.21. The summed E-state index contributed by atoms with van der Waals surface area (Å²) in [7, 11) is -3.34. The van der Waals surface area contributed by atoms with Crippen molar-refractivity contribution in [2.45, 2.75) is 24.2 Å². The van der Waals surface area contributed by atoms with E-state index in [0.717, 1.165) is 54.9 Å². The Labute approximate surface area is 201 Å². The van der Waals surface area contributed by atoms with Crippen molar-refractivity contribution in [3.63, 3.8) is 0 Å². The Kier molecular flexibility index (Phi) is 6.53. The van der Waals surface area contributed by atoms with Gasteiger partial charge in [-0.3, -0.25) is 4.79 Å². The van der Waals surface area contributed by atoms with E-state index in [2.05, 4.69) is 10.2 Å². The number of hydrogen-bond acceptors (Lipinski definition) is 4. The number of nitrogens with zero attached hydrogens (tertiary/aromatic N) is 1. The van der Waals surface area contributed by atoms with Gasteiger partial charge in [-0.05, 0) is 79.2 Å². The molecule has 0 radical (unpaired) electrons. The quantitative estimate of drug-likeness (QED) is 0.541. The average molecular weight is 475 g/mol. The van der Waals surface area contributed by atoms with Gasteiger partial charge in [0.25, 0.3) is 0 Å². The van der Waals surface area contributed by atoms with Crippen LogP contribution in [0.15, 0.2) is 83.8 Å². The van der Waals surface area contributed by atoms with Crippen LogP contribution in [0.2, 0.25) is 0 Å². The van der Waals surface area contributed by atoms with Crippen molar-refractivity contribution >= 4 is 21.4 Å². The molecule has 3 fully saturated rings. The monoisotopic (exact) mass is 474 g/mol. The standard InChI is InChI=1S/C28H30N2O3S/c31-28(27-20-30-17-14-24(27)15-18-30)29-25-10-6-22(7-11-25)23-8-12-26(13-9-23)34(32,33)19-16-21-4-2-1-3-5-21/h1-13,24,27H,14-20H2,(H,29,31)/t27-/m0/s1. The normalized spacial score (nSPS) is 21.8. The van der Waals surface area contributed by atoms with E-state index in [0.29, 0.717) is 17.2 Å². The molecule has 0 aliphatic carbocycles. The van der Waals surface area contributed by atoms with Crippen molar-refractivity contribution in [1.29, 1.82) is 0 Å². The molecule has 2 bridgehead atoms. The maximum Gasteiger partial charge on any atom is 0.229 e. The molecule has 6 heteroatoms. The Morgan fingerprint density at radius 3 is 2.06 bits per heavy atom. The lowest BCUT2D eigenvalue weighted by Crippen LogP contribution is -2.51. The molecule has 1 atom stereocenters. The molecule has 3 aliphatic rings. The number of fused-ring (bicyclic) bond motifs is 3. The molecule has 3 aliphatic heterocycles. The van der Waals surface area contributed by atoms with Crippen molar-refractivity contribution in [3.05, 3.63) is 84.4 Å². The van der Waals surface area contributed by atoms with Gasteiger partial charge in [-0.1, -0.05) is 54.6 Å². The molecule has 1 amide bonds. The summed E-state index contributed by atoms with van der Waals surface area (Å²) in [5.74, 6) is 0.794. The SMILES string of the molecule is O=C(Nc1ccc(-c2ccc(S(=O)(=O)CCc3ccccc3)cc2)cc1)[C@H]1CN2CCC1CC2. The number of hydrogen-bond donors (Lipinski definition) is 1. The number of piperidine rings is 3. The van der Waals surface area contributed by atoms with Gasteiger partial charge >= 0.3 is 0 Å². The summed E-state index contributed by atoms with van der Waals surface area (Å²) in [5.41, 5.74) is 3.74. The van der Waals surface area contributed by atoms with Gasteiger partial charge in [-0.15, -0.1) is 0 Å². The lowest BCUT2D eigenvalue weighted by Gasteiger charge is -2.43. The number of carbonyl (C=O) groups excluding carboxylic acids is 1. The first-order valence-electron chi connectivity index (χ1n) is 12.0. The number of rotatable bonds is 7. The largest absolute Gasteiger partial charge is 0.326 e. The molecule has 3 aromatic rings. The molecule has 3 heterocycles. The van der Waals surface area contributed by atoms with Crippen LogP contribution in [0.4, 0.5) is 5.69 Å². The van der Waals surface area contributed by atoms with Crippen LogP contribution < -0.4 is 5.32 Å². The maximum absolute atomic E-state index is 12.8. The van der Waals surface area contributed by atoms with Gasteiger partial charge in [0.2, 0.25) is 5.91 Å². The fourth-order valence-corrected chi connectivity index (χ4v) is 6.40. The van der Waals surface area contributed by atoms with E-state index in [1.165, 1.54) is 0 Å². The third kappa shape index (κ3) is 5.08. The van der Waals surface area contributed by atoms with E-state index in [1.54, 1.807) is 12.1 Å². The van der Waals surface area contributed by atoms with Gasteiger partial charge in [0.15, 0.2) is 9.84 Å². The number of carbonyl (C=O) groups is 1. The Bertz CT molecular complexity index is 1230. The predicted octanol–water partition coefficient (Wildman–Crippen LogP) is 4.65. The van der Waals surface area contributed by atoms with Gasteiger partial charge in [0.05, 0.1) is 16.6 Å². The highest BCUT2D eigenvalue weighted by Gasteiger charge is 2.38. The van der Waals surface area contributed by atoms with Crippen molar-refractivity contribution in [2.24, 2.45) is 11.8 Å². The first kappa shape index (κ1) is 22.8. The minimum absolute atomic E-state index is 0.0820. The van der Waals surface area contributed by atoms with Crippen LogP contribution in [0.3, 0.4) is 0 Å². The average Bonchev–Trinajstić information content (AvgIpc) is 2.89. The third-order valence-electron chi connectivity index (χ3n) is 7.19. The highest BCUT2D eigenvalue weighted by Crippen LogP contribution is 2.33. The number of amides is 1. The molecule has 34 heavy (non-hydrogen) atoms. The zero-order valence-corrected chi connectivity index (χ0v) is 20.0. The summed E-state index contributed by atoms with van der Waals surface area (Å²) in [4.78, 5) is 15.5. The molecule has 5 nitrogen and oxygen atoms in total. The van der Waals surface area contributed by atoms with Crippen molar-refractivity contribution in [3.8, 4) is 11.1 Å². The lowest BCUT2D eigenvalue weighted by atomic mass is 9.78. The summed E-state index contributed by atoms with van der Waals surface area (Å²) in [6.07, 6.45) is 2.74. The first-order valence-corrected chi connectivity index (χ1v) is 13.6. The molecule has 3 aromatic carbocycles. The van der Waals surface area contributed by atoms with E-state index in [1.807, 2.05) is 66.7 Å². The van der Waals surface area contributed by atoms with Gasteiger partial charge in [0.1, 0.15) is 0 Å². The molecule has 1 N–H and O–H groups in total.